The molecule has 0 saturated carbocycles. The van der Waals surface area contributed by atoms with E-state index in [1.54, 1.807) is 0 Å². The monoisotopic (exact) mass is 326 g/mol. The van der Waals surface area contributed by atoms with Crippen LogP contribution in [0.4, 0.5) is 11.4 Å². The van der Waals surface area contributed by atoms with Gasteiger partial charge in [0.1, 0.15) is 0 Å². The summed E-state index contributed by atoms with van der Waals surface area (Å²) in [4.78, 5) is 19.9. The quantitative estimate of drug-likeness (QED) is 0.398. The maximum absolute atomic E-state index is 13.2. The van der Waals surface area contributed by atoms with Crippen LogP contribution < -0.4 is 4.90 Å². The van der Waals surface area contributed by atoms with Crippen LogP contribution in [0.5, 0.6) is 0 Å². The smallest absolute Gasteiger partial charge is 0.228 e. The minimum absolute atomic E-state index is 0.0545. The number of anilines is 1. The molecule has 0 bridgehead atoms. The first-order valence-corrected chi connectivity index (χ1v) is 8.42. The number of fused-ring (bicyclic) bond motifs is 1. The van der Waals surface area contributed by atoms with Gasteiger partial charge < -0.3 is 4.90 Å². The summed E-state index contributed by atoms with van der Waals surface area (Å²) in [5.41, 5.74) is 3.76. The summed E-state index contributed by atoms with van der Waals surface area (Å²) in [7, 11) is 0. The molecule has 4 rings (SSSR count). The predicted octanol–water partition coefficient (Wildman–Crippen LogP) is 4.66. The lowest BCUT2D eigenvalue weighted by Gasteiger charge is -2.21. The van der Waals surface area contributed by atoms with E-state index in [4.69, 9.17) is 4.99 Å². The number of para-hydroxylation sites is 2. The second kappa shape index (κ2) is 6.73. The Hall–Kier alpha value is -3.20. The number of ketones is 1. The predicted molar refractivity (Wildman–Crippen MR) is 102 cm³/mol. The zero-order chi connectivity index (χ0) is 17.1. The van der Waals surface area contributed by atoms with Crippen molar-refractivity contribution in [3.05, 3.63) is 96.1 Å². The number of benzene rings is 3. The van der Waals surface area contributed by atoms with Crippen molar-refractivity contribution in [2.45, 2.75) is 6.42 Å². The Kier molecular flexibility index (Phi) is 4.13. The zero-order valence-electron chi connectivity index (χ0n) is 13.8. The molecule has 0 radical (unpaired) electrons. The van der Waals surface area contributed by atoms with Gasteiger partial charge in [0.2, 0.25) is 5.78 Å². The van der Waals surface area contributed by atoms with Gasteiger partial charge >= 0.3 is 0 Å². The van der Waals surface area contributed by atoms with Crippen LogP contribution in [0, 0.1) is 0 Å². The first kappa shape index (κ1) is 15.3. The van der Waals surface area contributed by atoms with Gasteiger partial charge in [0.15, 0.2) is 5.84 Å². The van der Waals surface area contributed by atoms with E-state index in [2.05, 4.69) is 12.1 Å². The van der Waals surface area contributed by atoms with E-state index in [0.717, 1.165) is 24.3 Å². The van der Waals surface area contributed by atoms with E-state index in [1.165, 1.54) is 5.56 Å². The van der Waals surface area contributed by atoms with Gasteiger partial charge in [-0.15, -0.1) is 0 Å². The molecule has 1 heterocycles. The van der Waals surface area contributed by atoms with Crippen molar-refractivity contribution in [2.24, 2.45) is 4.99 Å². The van der Waals surface area contributed by atoms with Crippen LogP contribution in [0.25, 0.3) is 0 Å². The Bertz CT molecular complexity index is 917. The fourth-order valence-corrected chi connectivity index (χ4v) is 3.14. The fraction of sp³-hybridized carbons (Fsp3) is 0.0909. The SMILES string of the molecule is O=C(C(=Nc1ccccc1)N1CCc2ccccc21)c1ccccc1. The van der Waals surface area contributed by atoms with Crippen LogP contribution in [-0.4, -0.2) is 18.2 Å². The lowest BCUT2D eigenvalue weighted by molar-refractivity contribution is 0.106. The highest BCUT2D eigenvalue weighted by Crippen LogP contribution is 2.29. The number of rotatable bonds is 3. The number of amidine groups is 1. The van der Waals surface area contributed by atoms with Crippen LogP contribution >= 0.6 is 0 Å². The van der Waals surface area contributed by atoms with Crippen molar-refractivity contribution in [3.63, 3.8) is 0 Å². The highest BCUT2D eigenvalue weighted by atomic mass is 16.1. The molecule has 122 valence electrons. The molecule has 25 heavy (non-hydrogen) atoms. The molecule has 0 fully saturated rings. The van der Waals surface area contributed by atoms with Gasteiger partial charge in [0.05, 0.1) is 5.69 Å². The molecule has 0 aliphatic carbocycles. The Balaban J connectivity index is 1.80. The summed E-state index contributed by atoms with van der Waals surface area (Å²) in [5.74, 6) is 0.420. The van der Waals surface area contributed by atoms with Crippen LogP contribution in [-0.2, 0) is 6.42 Å². The summed E-state index contributed by atoms with van der Waals surface area (Å²) >= 11 is 0. The number of hydrogen-bond acceptors (Lipinski definition) is 2. The Morgan fingerprint density at radius 3 is 2.20 bits per heavy atom. The number of aliphatic imine (C=N–C) groups is 1. The van der Waals surface area contributed by atoms with Gasteiger partial charge in [-0.1, -0.05) is 66.7 Å². The number of carbonyl (C=O) groups is 1. The van der Waals surface area contributed by atoms with Crippen LogP contribution in [0.1, 0.15) is 15.9 Å². The number of Topliss-reactive ketones (excluding diaryl/α,β-unsaturated/α-hetero) is 1. The summed E-state index contributed by atoms with van der Waals surface area (Å²) in [6, 6.07) is 27.2. The van der Waals surface area contributed by atoms with Crippen molar-refractivity contribution in [1.82, 2.24) is 0 Å². The van der Waals surface area contributed by atoms with Crippen molar-refractivity contribution >= 4 is 23.0 Å². The highest BCUT2D eigenvalue weighted by Gasteiger charge is 2.27. The lowest BCUT2D eigenvalue weighted by atomic mass is 10.1. The second-order valence-electron chi connectivity index (χ2n) is 6.00. The number of nitrogens with zero attached hydrogens (tertiary/aromatic N) is 2. The molecule has 0 spiro atoms. The van der Waals surface area contributed by atoms with Gasteiger partial charge in [0, 0.05) is 17.8 Å². The highest BCUT2D eigenvalue weighted by molar-refractivity contribution is 6.50. The number of hydrogen-bond donors (Lipinski definition) is 0. The van der Waals surface area contributed by atoms with Gasteiger partial charge in [-0.05, 0) is 30.2 Å². The third-order valence-electron chi connectivity index (χ3n) is 4.37. The molecule has 3 aromatic rings. The molecule has 3 aromatic carbocycles. The summed E-state index contributed by atoms with van der Waals surface area (Å²) in [5, 5.41) is 0. The van der Waals surface area contributed by atoms with E-state index >= 15 is 0 Å². The summed E-state index contributed by atoms with van der Waals surface area (Å²) in [6.07, 6.45) is 0.923. The van der Waals surface area contributed by atoms with Gasteiger partial charge in [-0.2, -0.15) is 0 Å². The molecule has 0 saturated heterocycles. The van der Waals surface area contributed by atoms with Crippen molar-refractivity contribution < 1.29 is 4.79 Å². The molecule has 3 heteroatoms. The van der Waals surface area contributed by atoms with Crippen molar-refractivity contribution in [2.75, 3.05) is 11.4 Å². The molecular weight excluding hydrogens is 308 g/mol. The normalized spacial score (nSPS) is 13.6. The third kappa shape index (κ3) is 3.09. The zero-order valence-corrected chi connectivity index (χ0v) is 13.8. The van der Waals surface area contributed by atoms with E-state index < -0.39 is 0 Å². The third-order valence-corrected chi connectivity index (χ3v) is 4.37. The molecule has 1 aliphatic rings. The van der Waals surface area contributed by atoms with Crippen molar-refractivity contribution in [3.8, 4) is 0 Å². The van der Waals surface area contributed by atoms with Gasteiger partial charge in [-0.3, -0.25) is 4.79 Å². The van der Waals surface area contributed by atoms with Crippen LogP contribution in [0.3, 0.4) is 0 Å². The second-order valence-corrected chi connectivity index (χ2v) is 6.00. The fourth-order valence-electron chi connectivity index (χ4n) is 3.14. The Morgan fingerprint density at radius 1 is 0.800 bits per heavy atom. The first-order chi connectivity index (χ1) is 12.3. The van der Waals surface area contributed by atoms with Crippen LogP contribution in [0.2, 0.25) is 0 Å². The maximum Gasteiger partial charge on any atom is 0.228 e. The van der Waals surface area contributed by atoms with Gasteiger partial charge in [0.25, 0.3) is 0 Å². The number of carbonyl (C=O) groups excluding carboxylic acids is 1. The average molecular weight is 326 g/mol. The largest absolute Gasteiger partial charge is 0.323 e. The van der Waals surface area contributed by atoms with Crippen molar-refractivity contribution in [1.29, 1.82) is 0 Å². The molecule has 0 amide bonds. The van der Waals surface area contributed by atoms with E-state index in [1.807, 2.05) is 77.7 Å². The molecule has 0 atom stereocenters. The standard InChI is InChI=1S/C22H18N2O/c25-21(18-10-3-1-4-11-18)22(23-19-12-5-2-6-13-19)24-16-15-17-9-7-8-14-20(17)24/h1-14H,15-16H2. The minimum atomic E-state index is -0.0545. The van der Waals surface area contributed by atoms with E-state index in [0.29, 0.717) is 11.4 Å². The summed E-state index contributed by atoms with van der Waals surface area (Å²) in [6.45, 7) is 0.767. The average Bonchev–Trinajstić information content (AvgIpc) is 3.11. The molecule has 3 nitrogen and oxygen atoms in total. The molecule has 0 aromatic heterocycles. The summed E-state index contributed by atoms with van der Waals surface area (Å²) < 4.78 is 0. The molecule has 0 unspecified atom stereocenters. The minimum Gasteiger partial charge on any atom is -0.323 e. The maximum atomic E-state index is 13.2. The lowest BCUT2D eigenvalue weighted by Crippen LogP contribution is -2.35. The topological polar surface area (TPSA) is 32.7 Å². The molecular formula is C22H18N2O. The Labute approximate surface area is 147 Å². The first-order valence-electron chi connectivity index (χ1n) is 8.42. The molecule has 0 N–H and O–H groups in total. The van der Waals surface area contributed by atoms with E-state index in [-0.39, 0.29) is 5.78 Å². The molecule has 1 aliphatic heterocycles. The van der Waals surface area contributed by atoms with Crippen LogP contribution in [0.15, 0.2) is 89.9 Å². The Morgan fingerprint density at radius 2 is 1.44 bits per heavy atom. The van der Waals surface area contributed by atoms with Gasteiger partial charge in [-0.25, -0.2) is 4.99 Å². The van der Waals surface area contributed by atoms with E-state index in [9.17, 15) is 4.79 Å².